The van der Waals surface area contributed by atoms with Crippen LogP contribution in [0.5, 0.6) is 0 Å². The second kappa shape index (κ2) is 23.7. The number of hydrogen-bond donors (Lipinski definition) is 0. The van der Waals surface area contributed by atoms with Crippen LogP contribution in [0.25, 0.3) is 0 Å². The number of nitrogens with zero attached hydrogens (tertiary/aromatic N) is 2. The first-order valence-corrected chi connectivity index (χ1v) is 9.04. The molecule has 3 rings (SSSR count). The van der Waals surface area contributed by atoms with E-state index in [0.29, 0.717) is 0 Å². The molecule has 0 bridgehead atoms. The van der Waals surface area contributed by atoms with Crippen molar-refractivity contribution in [2.45, 2.75) is 75.2 Å². The van der Waals surface area contributed by atoms with E-state index in [-0.39, 0.29) is 0 Å². The molecule has 0 atom stereocenters. The van der Waals surface area contributed by atoms with E-state index in [1.807, 2.05) is 13.8 Å². The van der Waals surface area contributed by atoms with Crippen molar-refractivity contribution in [3.8, 4) is 0 Å². The predicted molar refractivity (Wildman–Crippen MR) is 104 cm³/mol. The van der Waals surface area contributed by atoms with Crippen molar-refractivity contribution < 1.29 is 9.05 Å². The van der Waals surface area contributed by atoms with Crippen molar-refractivity contribution in [2.75, 3.05) is 0 Å². The molecule has 0 spiro atoms. The Morgan fingerprint density at radius 3 is 1.04 bits per heavy atom. The molecule has 2 aromatic heterocycles. The van der Waals surface area contributed by atoms with Gasteiger partial charge in [-0.15, -0.1) is 0 Å². The summed E-state index contributed by atoms with van der Waals surface area (Å²) in [6, 6.07) is 3.44. The van der Waals surface area contributed by atoms with E-state index in [4.69, 9.17) is 0 Å². The Morgan fingerprint density at radius 2 is 1.00 bits per heavy atom. The molecule has 1 aliphatic carbocycles. The molecule has 142 valence electrons. The zero-order valence-electron chi connectivity index (χ0n) is 17.3. The van der Waals surface area contributed by atoms with Crippen molar-refractivity contribution in [3.05, 3.63) is 37.1 Å². The highest BCUT2D eigenvalue weighted by Gasteiger charge is 2.12. The zero-order chi connectivity index (χ0) is 19.2. The maximum absolute atomic E-state index is 4.33. The van der Waals surface area contributed by atoms with Crippen LogP contribution in [0, 0.1) is 17.8 Å². The van der Waals surface area contributed by atoms with Gasteiger partial charge in [-0.3, -0.25) is 0 Å². The molecule has 1 saturated carbocycles. The van der Waals surface area contributed by atoms with Crippen LogP contribution >= 0.6 is 0 Å². The molecule has 2 aromatic rings. The summed E-state index contributed by atoms with van der Waals surface area (Å²) in [7, 11) is 0. The Bertz CT molecular complexity index is 281. The third-order valence-electron chi connectivity index (χ3n) is 1.56. The number of rotatable bonds is 0. The summed E-state index contributed by atoms with van der Waals surface area (Å²) in [4.78, 5) is 0. The van der Waals surface area contributed by atoms with Gasteiger partial charge in [0, 0.05) is 0 Å². The summed E-state index contributed by atoms with van der Waals surface area (Å²) < 4.78 is 8.67. The van der Waals surface area contributed by atoms with Gasteiger partial charge < -0.3 is 9.05 Å². The molecular formula is C20H40N2O2. The quantitative estimate of drug-likeness (QED) is 0.512. The van der Waals surface area contributed by atoms with E-state index < -0.39 is 0 Å². The van der Waals surface area contributed by atoms with Gasteiger partial charge in [0.15, 0.2) is 0 Å². The van der Waals surface area contributed by atoms with E-state index in [1.165, 1.54) is 25.4 Å². The molecule has 0 unspecified atom stereocenters. The molecule has 0 radical (unpaired) electrons. The highest BCUT2D eigenvalue weighted by molar-refractivity contribution is 4.68. The van der Waals surface area contributed by atoms with Crippen molar-refractivity contribution >= 4 is 0 Å². The summed E-state index contributed by atoms with van der Waals surface area (Å²) in [6.07, 6.45) is 9.17. The molecule has 0 aromatic carbocycles. The second-order valence-corrected chi connectivity index (χ2v) is 6.52. The van der Waals surface area contributed by atoms with Crippen molar-refractivity contribution in [2.24, 2.45) is 17.8 Å². The Balaban J connectivity index is -0.000000225. The molecule has 4 nitrogen and oxygen atoms in total. The summed E-state index contributed by atoms with van der Waals surface area (Å²) in [6.45, 7) is 19.3. The molecule has 2 heterocycles. The Morgan fingerprint density at radius 1 is 0.750 bits per heavy atom. The van der Waals surface area contributed by atoms with Crippen LogP contribution in [-0.2, 0) is 0 Å². The topological polar surface area (TPSA) is 52.1 Å². The average molecular weight is 341 g/mol. The van der Waals surface area contributed by atoms with Gasteiger partial charge in [-0.1, -0.05) is 85.5 Å². The lowest BCUT2D eigenvalue weighted by molar-refractivity contribution is 0.419. The fourth-order valence-corrected chi connectivity index (χ4v) is 0.518. The summed E-state index contributed by atoms with van der Waals surface area (Å²) >= 11 is 0. The van der Waals surface area contributed by atoms with E-state index in [9.17, 15) is 0 Å². The minimum Gasteiger partial charge on any atom is -0.365 e. The van der Waals surface area contributed by atoms with Crippen LogP contribution in [0.4, 0.5) is 0 Å². The SMILES string of the molecule is CC.CC(C)C.CC(C)C.CC1CC1.c1cnoc1.c1cnoc1. The Hall–Kier alpha value is -1.58. The molecule has 1 aliphatic rings. The molecule has 0 N–H and O–H groups in total. The monoisotopic (exact) mass is 340 g/mol. The van der Waals surface area contributed by atoms with Crippen LogP contribution in [0.15, 0.2) is 46.1 Å². The lowest BCUT2D eigenvalue weighted by Crippen LogP contribution is -1.66. The molecule has 4 heteroatoms. The summed E-state index contributed by atoms with van der Waals surface area (Å²) in [5.74, 6) is 2.75. The van der Waals surface area contributed by atoms with Crippen LogP contribution in [0.3, 0.4) is 0 Å². The molecular weight excluding hydrogens is 300 g/mol. The molecule has 0 amide bonds. The van der Waals surface area contributed by atoms with E-state index in [1.54, 1.807) is 24.5 Å². The number of aromatic nitrogens is 2. The molecule has 1 fully saturated rings. The van der Waals surface area contributed by atoms with Gasteiger partial charge in [0.05, 0.1) is 12.4 Å². The average Bonchev–Trinajstić information content (AvgIpc) is 3.05. The van der Waals surface area contributed by atoms with Crippen molar-refractivity contribution in [3.63, 3.8) is 0 Å². The van der Waals surface area contributed by atoms with E-state index in [0.717, 1.165) is 17.8 Å². The Kier molecular flexibility index (Phi) is 26.9. The molecule has 0 saturated heterocycles. The molecule has 24 heavy (non-hydrogen) atoms. The van der Waals surface area contributed by atoms with Crippen LogP contribution in [-0.4, -0.2) is 10.3 Å². The largest absolute Gasteiger partial charge is 0.365 e. The van der Waals surface area contributed by atoms with E-state index in [2.05, 4.69) is 67.8 Å². The normalized spacial score (nSPS) is 11.0. The van der Waals surface area contributed by atoms with Gasteiger partial charge in [-0.2, -0.15) is 0 Å². The van der Waals surface area contributed by atoms with Gasteiger partial charge in [-0.25, -0.2) is 0 Å². The second-order valence-electron chi connectivity index (χ2n) is 6.52. The van der Waals surface area contributed by atoms with Crippen LogP contribution in [0.1, 0.15) is 75.2 Å². The lowest BCUT2D eigenvalue weighted by atomic mass is 10.3. The van der Waals surface area contributed by atoms with Gasteiger partial charge in [0.2, 0.25) is 0 Å². The van der Waals surface area contributed by atoms with Gasteiger partial charge in [0.1, 0.15) is 12.5 Å². The highest BCUT2D eigenvalue weighted by atomic mass is 16.5. The number of hydrogen-bond acceptors (Lipinski definition) is 4. The first-order valence-electron chi connectivity index (χ1n) is 9.04. The standard InChI is InChI=1S/C4H8.2C4H10.2C3H3NO.C2H6/c1-4-2-3-4;2*1-4(2)3;2*1-2-4-5-3-1;1-2/h4H,2-3H2,1H3;2*4H,1-3H3;2*1-3H;1-2H3. The third-order valence-corrected chi connectivity index (χ3v) is 1.56. The minimum atomic E-state index is 0.833. The predicted octanol–water partition coefficient (Wildman–Crippen LogP) is 7.12. The van der Waals surface area contributed by atoms with Gasteiger partial charge in [-0.05, 0) is 29.9 Å². The zero-order valence-corrected chi connectivity index (χ0v) is 17.3. The summed E-state index contributed by atoms with van der Waals surface area (Å²) in [5.41, 5.74) is 0. The first kappa shape index (κ1) is 27.3. The van der Waals surface area contributed by atoms with Gasteiger partial charge >= 0.3 is 0 Å². The lowest BCUT2D eigenvalue weighted by Gasteiger charge is -1.79. The maximum Gasteiger partial charge on any atom is 0.123 e. The minimum absolute atomic E-state index is 0.833. The third kappa shape index (κ3) is 59.1. The van der Waals surface area contributed by atoms with Crippen LogP contribution < -0.4 is 0 Å². The summed E-state index contributed by atoms with van der Waals surface area (Å²) in [5, 5.41) is 6.69. The van der Waals surface area contributed by atoms with E-state index >= 15 is 0 Å². The first-order chi connectivity index (χ1) is 11.4. The molecule has 0 aliphatic heterocycles. The maximum atomic E-state index is 4.33. The highest BCUT2D eigenvalue weighted by Crippen LogP contribution is 2.26. The fourth-order valence-electron chi connectivity index (χ4n) is 0.518. The van der Waals surface area contributed by atoms with Crippen LogP contribution in [0.2, 0.25) is 0 Å². The Labute approximate surface area is 150 Å². The van der Waals surface area contributed by atoms with Crippen molar-refractivity contribution in [1.82, 2.24) is 10.3 Å². The van der Waals surface area contributed by atoms with Crippen molar-refractivity contribution in [1.29, 1.82) is 0 Å². The fraction of sp³-hybridized carbons (Fsp3) is 0.700. The van der Waals surface area contributed by atoms with Gasteiger partial charge in [0.25, 0.3) is 0 Å². The smallest absolute Gasteiger partial charge is 0.123 e.